The molecule has 516 valence electrons. The maximum Gasteiger partial charge on any atom is -0.0132 e. The van der Waals surface area contributed by atoms with E-state index in [-0.39, 0.29) is 12.8 Å². The predicted octanol–water partition coefficient (Wildman–Crippen LogP) is 31.3. The molecule has 0 spiro atoms. The summed E-state index contributed by atoms with van der Waals surface area (Å²) in [5.41, 5.74) is 12.9. The van der Waals surface area contributed by atoms with E-state index in [9.17, 15) is 0 Å². The van der Waals surface area contributed by atoms with Crippen molar-refractivity contribution in [3.05, 3.63) is 238 Å². The van der Waals surface area contributed by atoms with Gasteiger partial charge in [0, 0.05) is 0 Å². The minimum absolute atomic E-state index is 0. The summed E-state index contributed by atoms with van der Waals surface area (Å²) in [6.45, 7) is 69.2. The standard InChI is InChI=1S/2C11H10.C11H16.C9H12.C8H10.C7H8.4C5H12.2C4H10.C3H8.C2H6.CH4/c1-9-5-4-7-10-6-2-3-8-11(9)10;1-9-6-7-10-4-2-3-5-11(10)8-9;1-9-5-7-10(8-6-9)11(2,3)4;1-3-9-6-4-8(2)5-7-9;1-7-3-5-8(2)6-4-7;1-7-5-3-2-4-6-7;1-5(2,3)4;2*1-4-5(2)3;1-3-5-4-2;1-4(2)3;1-3-4-2;1-3-2;1-2;/h2*2-8H,1H3;5-8H,1-4H3;4-7H,3H2,1-2H3;3-6H,1-2H3;2-6H,1H3;1-4H3;2*5H,4H2,1-3H3;3-5H2,1-2H3;4H,1-3H3;3-4H2,1-2H3;3H2,1-2H3;1-2H3;1H4. The summed E-state index contributed by atoms with van der Waals surface area (Å²) < 4.78 is 0. The summed E-state index contributed by atoms with van der Waals surface area (Å²) >= 11 is 0. The Bertz CT molecular complexity index is 2630. The lowest BCUT2D eigenvalue weighted by Crippen LogP contribution is -2.10. The average Bonchev–Trinajstić information content (AvgIpc) is 2.65. The van der Waals surface area contributed by atoms with Gasteiger partial charge in [0.25, 0.3) is 0 Å². The van der Waals surface area contributed by atoms with Crippen molar-refractivity contribution in [2.24, 2.45) is 23.2 Å². The maximum atomic E-state index is 2.23. The van der Waals surface area contributed by atoms with Gasteiger partial charge in [0.15, 0.2) is 0 Å². The normalized spacial score (nSPS) is 9.48. The number of hydrogen-bond donors (Lipinski definition) is 0. The summed E-state index contributed by atoms with van der Waals surface area (Å²) in [7, 11) is 0. The molecule has 0 aliphatic rings. The number of rotatable bonds is 6. The first kappa shape index (κ1) is 98.9. The second-order valence-electron chi connectivity index (χ2n) is 27.3. The molecule has 0 unspecified atom stereocenters. The second-order valence-corrected chi connectivity index (χ2v) is 27.3. The first-order valence-electron chi connectivity index (χ1n) is 35.3. The Hall–Kier alpha value is -5.72. The molecular weight excluding hydrogens is 1090 g/mol. The minimum atomic E-state index is 0. The topological polar surface area (TPSA) is 0 Å². The molecule has 0 N–H and O–H groups in total. The Kier molecular flexibility index (Phi) is 71.4. The van der Waals surface area contributed by atoms with Crippen LogP contribution in [0, 0.1) is 71.6 Å². The zero-order chi connectivity index (χ0) is 70.5. The fourth-order valence-corrected chi connectivity index (χ4v) is 6.10. The molecule has 0 nitrogen and oxygen atoms in total. The van der Waals surface area contributed by atoms with E-state index in [4.69, 9.17) is 0 Å². The number of hydrogen-bond acceptors (Lipinski definition) is 0. The van der Waals surface area contributed by atoms with Crippen LogP contribution >= 0.6 is 0 Å². The lowest BCUT2D eigenvalue weighted by molar-refractivity contribution is 0.469. The van der Waals surface area contributed by atoms with E-state index in [2.05, 4.69) is 378 Å². The third-order valence-corrected chi connectivity index (χ3v) is 12.4. The summed E-state index contributed by atoms with van der Waals surface area (Å²) in [5, 5.41) is 5.33. The van der Waals surface area contributed by atoms with Crippen LogP contribution in [-0.2, 0) is 11.8 Å². The highest BCUT2D eigenvalue weighted by atomic mass is 14.2. The van der Waals surface area contributed by atoms with E-state index >= 15 is 0 Å². The average molecular weight is 1250 g/mol. The van der Waals surface area contributed by atoms with Crippen LogP contribution in [0.3, 0.4) is 0 Å². The monoisotopic (exact) mass is 1250 g/mol. The van der Waals surface area contributed by atoms with Gasteiger partial charge in [0.2, 0.25) is 0 Å². The van der Waals surface area contributed by atoms with Crippen molar-refractivity contribution >= 4 is 21.5 Å². The van der Waals surface area contributed by atoms with Gasteiger partial charge in [0.1, 0.15) is 0 Å². The van der Waals surface area contributed by atoms with Crippen LogP contribution in [0.25, 0.3) is 21.5 Å². The lowest BCUT2D eigenvalue weighted by Gasteiger charge is -2.18. The van der Waals surface area contributed by atoms with Crippen molar-refractivity contribution in [1.82, 2.24) is 0 Å². The lowest BCUT2D eigenvalue weighted by atomic mass is 9.87. The molecule has 0 aliphatic heterocycles. The third kappa shape index (κ3) is 73.2. The summed E-state index contributed by atoms with van der Waals surface area (Å²) in [4.78, 5) is 0. The molecule has 0 fully saturated rings. The molecule has 0 heterocycles. The quantitative estimate of drug-likeness (QED) is 0.156. The van der Waals surface area contributed by atoms with E-state index < -0.39 is 0 Å². The van der Waals surface area contributed by atoms with Crippen molar-refractivity contribution in [3.8, 4) is 0 Å². The second kappa shape index (κ2) is 65.8. The molecule has 0 radical (unpaired) electrons. The zero-order valence-electron chi connectivity index (χ0n) is 65.5. The minimum Gasteiger partial charge on any atom is -0.0776 e. The molecule has 0 saturated carbocycles. The van der Waals surface area contributed by atoms with Crippen LogP contribution in [0.4, 0.5) is 0 Å². The molecule has 0 aliphatic carbocycles. The van der Waals surface area contributed by atoms with Gasteiger partial charge < -0.3 is 0 Å². The molecule has 0 bridgehead atoms. The number of aryl methyl sites for hydroxylation is 8. The highest BCUT2D eigenvalue weighted by molar-refractivity contribution is 5.85. The number of unbranched alkanes of at least 4 members (excludes halogenated alkanes) is 3. The van der Waals surface area contributed by atoms with Gasteiger partial charge in [-0.3, -0.25) is 0 Å². The third-order valence-electron chi connectivity index (χ3n) is 12.4. The van der Waals surface area contributed by atoms with Gasteiger partial charge in [-0.25, -0.2) is 0 Å². The van der Waals surface area contributed by atoms with E-state index in [1.807, 2.05) is 32.0 Å². The molecule has 0 saturated heterocycles. The number of fused-ring (bicyclic) bond motifs is 2. The van der Waals surface area contributed by atoms with Gasteiger partial charge in [-0.15, -0.1) is 0 Å². The smallest absolute Gasteiger partial charge is 0.0132 e. The summed E-state index contributed by atoms with van der Waals surface area (Å²) in [6.07, 6.45) is 11.7. The fourth-order valence-electron chi connectivity index (χ4n) is 6.10. The van der Waals surface area contributed by atoms with Gasteiger partial charge >= 0.3 is 0 Å². The molecule has 0 aromatic heterocycles. The van der Waals surface area contributed by atoms with Crippen molar-refractivity contribution in [3.63, 3.8) is 0 Å². The van der Waals surface area contributed by atoms with Crippen molar-refractivity contribution in [2.75, 3.05) is 0 Å². The first-order valence-corrected chi connectivity index (χ1v) is 35.3. The van der Waals surface area contributed by atoms with Crippen LogP contribution in [0.5, 0.6) is 0 Å². The van der Waals surface area contributed by atoms with Gasteiger partial charge in [0.05, 0.1) is 0 Å². The molecule has 0 amide bonds. The van der Waals surface area contributed by atoms with Crippen LogP contribution in [0.1, 0.15) is 282 Å². The SMILES string of the molecule is C.CC.CC(C)(C)C.CC(C)C.CCC.CCC(C)C.CCC(C)C.CCCC.CCCCC.CCc1ccc(C)cc1.Cc1ccc(C(C)(C)C)cc1.Cc1ccc(C)cc1.Cc1ccc2ccccc2c1.Cc1cccc2ccccc12.Cc1ccccc1. The molecule has 8 aromatic carbocycles. The fraction of sp³-hybridized carbons (Fsp3) is 0.516. The van der Waals surface area contributed by atoms with Gasteiger partial charge in [-0.05, 0) is 122 Å². The molecule has 91 heavy (non-hydrogen) atoms. The van der Waals surface area contributed by atoms with Crippen LogP contribution < -0.4 is 0 Å². The Morgan fingerprint density at radius 2 is 0.626 bits per heavy atom. The highest BCUT2D eigenvalue weighted by Gasteiger charge is 2.12. The molecular formula is C91H152. The Morgan fingerprint density at radius 3 is 0.923 bits per heavy atom. The zero-order valence-corrected chi connectivity index (χ0v) is 65.5. The van der Waals surface area contributed by atoms with Gasteiger partial charge in [-0.2, -0.15) is 0 Å². The van der Waals surface area contributed by atoms with Crippen molar-refractivity contribution < 1.29 is 0 Å². The summed E-state index contributed by atoms with van der Waals surface area (Å²) in [5.74, 6) is 2.60. The highest BCUT2D eigenvalue weighted by Crippen LogP contribution is 2.22. The first-order chi connectivity index (χ1) is 42.3. The molecule has 8 rings (SSSR count). The Balaban J connectivity index is -0.000000171. The maximum absolute atomic E-state index is 2.23. The molecule has 0 atom stereocenters. The summed E-state index contributed by atoms with van der Waals surface area (Å²) in [6, 6.07) is 65.9. The number of benzene rings is 8. The van der Waals surface area contributed by atoms with E-state index in [0.717, 1.165) is 24.2 Å². The van der Waals surface area contributed by atoms with E-state index in [1.165, 1.54) is 123 Å². The molecule has 0 heteroatoms. The van der Waals surface area contributed by atoms with Gasteiger partial charge in [-0.1, -0.05) is 453 Å². The molecule has 8 aromatic rings. The van der Waals surface area contributed by atoms with E-state index in [0.29, 0.717) is 5.41 Å². The van der Waals surface area contributed by atoms with Crippen LogP contribution in [0.15, 0.2) is 188 Å². The van der Waals surface area contributed by atoms with Crippen LogP contribution in [0.2, 0.25) is 0 Å². The van der Waals surface area contributed by atoms with E-state index in [1.54, 1.807) is 0 Å². The van der Waals surface area contributed by atoms with Crippen molar-refractivity contribution in [2.45, 2.75) is 292 Å². The Labute approximate surface area is 571 Å². The largest absolute Gasteiger partial charge is 0.0776 e. The predicted molar refractivity (Wildman–Crippen MR) is 431 cm³/mol. The van der Waals surface area contributed by atoms with Crippen molar-refractivity contribution in [1.29, 1.82) is 0 Å². The van der Waals surface area contributed by atoms with Crippen LogP contribution in [-0.4, -0.2) is 0 Å². The Morgan fingerprint density at radius 1 is 0.330 bits per heavy atom.